The van der Waals surface area contributed by atoms with E-state index in [-0.39, 0.29) is 17.9 Å². The lowest BCUT2D eigenvalue weighted by Crippen LogP contribution is -2.33. The number of nitrogens with one attached hydrogen (secondary N) is 1. The number of hydrogen-bond acceptors (Lipinski definition) is 3. The molecule has 1 heterocycles. The molecule has 2 unspecified atom stereocenters. The van der Waals surface area contributed by atoms with E-state index >= 15 is 0 Å². The van der Waals surface area contributed by atoms with Crippen LogP contribution in [0.5, 0.6) is 0 Å². The largest absolute Gasteiger partial charge is 0.478 e. The van der Waals surface area contributed by atoms with Gasteiger partial charge in [-0.3, -0.25) is 4.79 Å². The molecular formula is C16H19NO4. The number of carbonyl (C=O) groups is 2. The number of carboxylic acids is 1. The lowest BCUT2D eigenvalue weighted by atomic mass is 10.0. The molecule has 2 atom stereocenters. The molecule has 1 amide bonds. The van der Waals surface area contributed by atoms with Gasteiger partial charge in [-0.05, 0) is 36.6 Å². The molecule has 5 heteroatoms. The predicted molar refractivity (Wildman–Crippen MR) is 78.5 cm³/mol. The van der Waals surface area contributed by atoms with Crippen molar-refractivity contribution in [2.24, 2.45) is 5.92 Å². The zero-order valence-corrected chi connectivity index (χ0v) is 11.9. The van der Waals surface area contributed by atoms with Gasteiger partial charge in [-0.25, -0.2) is 4.79 Å². The first kappa shape index (κ1) is 15.3. The van der Waals surface area contributed by atoms with Crippen LogP contribution >= 0.6 is 0 Å². The Bertz CT molecular complexity index is 553. The van der Waals surface area contributed by atoms with E-state index in [9.17, 15) is 9.59 Å². The highest BCUT2D eigenvalue weighted by atomic mass is 16.5. The maximum atomic E-state index is 12.0. The van der Waals surface area contributed by atoms with E-state index in [4.69, 9.17) is 9.84 Å². The van der Waals surface area contributed by atoms with Crippen molar-refractivity contribution in [2.75, 3.05) is 6.61 Å². The van der Waals surface area contributed by atoms with Crippen molar-refractivity contribution in [1.82, 2.24) is 5.32 Å². The van der Waals surface area contributed by atoms with Gasteiger partial charge in [-0.2, -0.15) is 0 Å². The Morgan fingerprint density at radius 2 is 2.29 bits per heavy atom. The van der Waals surface area contributed by atoms with Gasteiger partial charge < -0.3 is 15.2 Å². The van der Waals surface area contributed by atoms with Crippen LogP contribution in [0.15, 0.2) is 30.3 Å². The summed E-state index contributed by atoms with van der Waals surface area (Å²) in [6.07, 6.45) is 3.35. The summed E-state index contributed by atoms with van der Waals surface area (Å²) in [4.78, 5) is 22.5. The molecule has 0 spiro atoms. The van der Waals surface area contributed by atoms with Gasteiger partial charge in [0.2, 0.25) is 5.91 Å². The van der Waals surface area contributed by atoms with E-state index in [0.29, 0.717) is 13.2 Å². The first-order chi connectivity index (χ1) is 10.1. The number of hydrogen-bond donors (Lipinski definition) is 2. The van der Waals surface area contributed by atoms with E-state index < -0.39 is 5.97 Å². The lowest BCUT2D eigenvalue weighted by molar-refractivity contribution is -0.131. The highest BCUT2D eigenvalue weighted by Gasteiger charge is 2.30. The van der Waals surface area contributed by atoms with Gasteiger partial charge in [-0.15, -0.1) is 0 Å². The smallest absolute Gasteiger partial charge is 0.328 e. The van der Waals surface area contributed by atoms with Crippen LogP contribution in [0.3, 0.4) is 0 Å². The van der Waals surface area contributed by atoms with Crippen molar-refractivity contribution < 1.29 is 19.4 Å². The molecule has 1 aromatic rings. The van der Waals surface area contributed by atoms with Crippen LogP contribution in [-0.4, -0.2) is 29.7 Å². The quantitative estimate of drug-likeness (QED) is 0.811. The van der Waals surface area contributed by atoms with Gasteiger partial charge in [0.1, 0.15) is 0 Å². The first-order valence-corrected chi connectivity index (χ1v) is 6.95. The Kier molecular flexibility index (Phi) is 5.11. The second-order valence-corrected chi connectivity index (χ2v) is 5.11. The third-order valence-corrected chi connectivity index (χ3v) is 3.55. The molecule has 1 aromatic carbocycles. The van der Waals surface area contributed by atoms with Gasteiger partial charge in [0.15, 0.2) is 0 Å². The van der Waals surface area contributed by atoms with Crippen LogP contribution < -0.4 is 5.32 Å². The van der Waals surface area contributed by atoms with Crippen molar-refractivity contribution in [3.8, 4) is 0 Å². The molecule has 2 N–H and O–H groups in total. The van der Waals surface area contributed by atoms with E-state index in [2.05, 4.69) is 5.32 Å². The van der Waals surface area contributed by atoms with Gasteiger partial charge in [0.25, 0.3) is 0 Å². The number of ether oxygens (including phenoxy) is 1. The van der Waals surface area contributed by atoms with Crippen LogP contribution in [-0.2, 0) is 20.9 Å². The fourth-order valence-corrected chi connectivity index (χ4v) is 2.37. The minimum atomic E-state index is -0.982. The summed E-state index contributed by atoms with van der Waals surface area (Å²) < 4.78 is 5.39. The highest BCUT2D eigenvalue weighted by Crippen LogP contribution is 2.20. The Morgan fingerprint density at radius 1 is 1.48 bits per heavy atom. The molecular weight excluding hydrogens is 270 g/mol. The molecule has 1 fully saturated rings. The molecule has 5 nitrogen and oxygen atoms in total. The number of benzene rings is 1. The maximum absolute atomic E-state index is 12.0. The van der Waals surface area contributed by atoms with Gasteiger partial charge in [0.05, 0.1) is 12.0 Å². The summed E-state index contributed by atoms with van der Waals surface area (Å²) in [5, 5.41) is 11.5. The SMILES string of the molecule is CC1OCCC1C(=O)NCc1cccc(C=CC(=O)O)c1. The molecule has 0 saturated carbocycles. The Hall–Kier alpha value is -2.14. The molecule has 0 aliphatic carbocycles. The minimum absolute atomic E-state index is 0.00600. The zero-order chi connectivity index (χ0) is 15.2. The van der Waals surface area contributed by atoms with Crippen molar-refractivity contribution in [2.45, 2.75) is 26.0 Å². The van der Waals surface area contributed by atoms with Gasteiger partial charge >= 0.3 is 5.97 Å². The fourth-order valence-electron chi connectivity index (χ4n) is 2.37. The normalized spacial score (nSPS) is 21.6. The van der Waals surface area contributed by atoms with E-state index in [1.807, 2.05) is 31.2 Å². The van der Waals surface area contributed by atoms with Crippen molar-refractivity contribution in [3.05, 3.63) is 41.5 Å². The third-order valence-electron chi connectivity index (χ3n) is 3.55. The molecule has 0 radical (unpaired) electrons. The number of rotatable bonds is 5. The number of aliphatic carboxylic acids is 1. The molecule has 1 aliphatic heterocycles. The van der Waals surface area contributed by atoms with Crippen LogP contribution in [0.25, 0.3) is 6.08 Å². The second-order valence-electron chi connectivity index (χ2n) is 5.11. The van der Waals surface area contributed by atoms with Crippen molar-refractivity contribution >= 4 is 18.0 Å². The number of carbonyl (C=O) groups excluding carboxylic acids is 1. The summed E-state index contributed by atoms with van der Waals surface area (Å²) in [7, 11) is 0. The van der Waals surface area contributed by atoms with E-state index in [1.54, 1.807) is 0 Å². The minimum Gasteiger partial charge on any atom is -0.478 e. The summed E-state index contributed by atoms with van der Waals surface area (Å²) in [6, 6.07) is 7.41. The Morgan fingerprint density at radius 3 is 2.95 bits per heavy atom. The van der Waals surface area contributed by atoms with E-state index in [1.165, 1.54) is 6.08 Å². The fraction of sp³-hybridized carbons (Fsp3) is 0.375. The highest BCUT2D eigenvalue weighted by molar-refractivity contribution is 5.85. The zero-order valence-electron chi connectivity index (χ0n) is 11.9. The van der Waals surface area contributed by atoms with Crippen LogP contribution in [0.4, 0.5) is 0 Å². The van der Waals surface area contributed by atoms with Crippen LogP contribution in [0.1, 0.15) is 24.5 Å². The molecule has 2 rings (SSSR count). The maximum Gasteiger partial charge on any atom is 0.328 e. The summed E-state index contributed by atoms with van der Waals surface area (Å²) >= 11 is 0. The molecule has 1 aliphatic rings. The van der Waals surface area contributed by atoms with Crippen molar-refractivity contribution in [3.63, 3.8) is 0 Å². The summed E-state index contributed by atoms with van der Waals surface area (Å²) in [6.45, 7) is 2.97. The van der Waals surface area contributed by atoms with Gasteiger partial charge in [0, 0.05) is 19.2 Å². The number of amides is 1. The topological polar surface area (TPSA) is 75.6 Å². The monoisotopic (exact) mass is 289 g/mol. The second kappa shape index (κ2) is 7.04. The Balaban J connectivity index is 1.92. The third kappa shape index (κ3) is 4.43. The number of carboxylic acid groups (broad SMARTS) is 1. The lowest BCUT2D eigenvalue weighted by Gasteiger charge is -2.14. The van der Waals surface area contributed by atoms with Gasteiger partial charge in [-0.1, -0.05) is 18.2 Å². The average Bonchev–Trinajstić information content (AvgIpc) is 2.89. The summed E-state index contributed by atoms with van der Waals surface area (Å²) in [5.41, 5.74) is 1.73. The standard InChI is InChI=1S/C16H19NO4/c1-11-14(7-8-21-11)16(20)17-10-13-4-2-3-12(9-13)5-6-15(18)19/h2-6,9,11,14H,7-8,10H2,1H3,(H,17,20)(H,18,19). The molecule has 21 heavy (non-hydrogen) atoms. The average molecular weight is 289 g/mol. The first-order valence-electron chi connectivity index (χ1n) is 6.95. The molecule has 0 aromatic heterocycles. The van der Waals surface area contributed by atoms with E-state index in [0.717, 1.165) is 23.6 Å². The molecule has 0 bridgehead atoms. The summed E-state index contributed by atoms with van der Waals surface area (Å²) in [5.74, 6) is -1.06. The van der Waals surface area contributed by atoms with Crippen LogP contribution in [0.2, 0.25) is 0 Å². The van der Waals surface area contributed by atoms with Crippen LogP contribution in [0, 0.1) is 5.92 Å². The van der Waals surface area contributed by atoms with Crippen molar-refractivity contribution in [1.29, 1.82) is 0 Å². The molecule has 1 saturated heterocycles. The molecule has 112 valence electrons. The Labute approximate surface area is 123 Å². The predicted octanol–water partition coefficient (Wildman–Crippen LogP) is 1.83.